The third kappa shape index (κ3) is 1.95. The molecule has 0 saturated carbocycles. The molecular weight excluding hydrogens is 172 g/mol. The van der Waals surface area contributed by atoms with Crippen molar-refractivity contribution in [3.8, 4) is 0 Å². The molecular formula is C12H16N2. The molecule has 14 heavy (non-hydrogen) atoms. The summed E-state index contributed by atoms with van der Waals surface area (Å²) in [6.07, 6.45) is 3.08. The minimum absolute atomic E-state index is 0.953. The van der Waals surface area contributed by atoms with E-state index in [0.29, 0.717) is 0 Å². The predicted molar refractivity (Wildman–Crippen MR) is 59.6 cm³/mol. The molecule has 0 unspecified atom stereocenters. The fraction of sp³-hybridized carbons (Fsp3) is 0.417. The molecule has 2 rings (SSSR count). The van der Waals surface area contributed by atoms with E-state index in [9.17, 15) is 0 Å². The van der Waals surface area contributed by atoms with Crippen molar-refractivity contribution in [2.75, 3.05) is 13.1 Å². The largest absolute Gasteiger partial charge is 0.357 e. The Morgan fingerprint density at radius 3 is 2.71 bits per heavy atom. The molecule has 0 aliphatic carbocycles. The molecule has 1 aliphatic heterocycles. The molecule has 0 amide bonds. The molecule has 1 aliphatic rings. The first-order valence-corrected chi connectivity index (χ1v) is 5.21. The van der Waals surface area contributed by atoms with Crippen LogP contribution in [-0.2, 0) is 13.0 Å². The van der Waals surface area contributed by atoms with E-state index in [1.165, 1.54) is 11.1 Å². The maximum atomic E-state index is 4.22. The summed E-state index contributed by atoms with van der Waals surface area (Å²) < 4.78 is 0. The Hall–Kier alpha value is -1.31. The Bertz CT molecular complexity index is 331. The van der Waals surface area contributed by atoms with Crippen molar-refractivity contribution in [2.24, 2.45) is 4.99 Å². The lowest BCUT2D eigenvalue weighted by Crippen LogP contribution is -2.19. The van der Waals surface area contributed by atoms with Gasteiger partial charge in [-0.05, 0) is 17.5 Å². The van der Waals surface area contributed by atoms with Gasteiger partial charge in [-0.15, -0.1) is 0 Å². The molecule has 2 heteroatoms. The fourth-order valence-corrected chi connectivity index (χ4v) is 1.81. The van der Waals surface area contributed by atoms with Crippen molar-refractivity contribution in [3.63, 3.8) is 0 Å². The van der Waals surface area contributed by atoms with Gasteiger partial charge in [-0.3, -0.25) is 4.99 Å². The van der Waals surface area contributed by atoms with Crippen LogP contribution in [0.2, 0.25) is 0 Å². The predicted octanol–water partition coefficient (Wildman–Crippen LogP) is 2.09. The van der Waals surface area contributed by atoms with Crippen LogP contribution in [0.15, 0.2) is 29.3 Å². The normalized spacial score (nSPS) is 15.1. The number of nitrogens with zero attached hydrogens (tertiary/aromatic N) is 2. The summed E-state index contributed by atoms with van der Waals surface area (Å²) >= 11 is 0. The molecule has 2 nitrogen and oxygen atoms in total. The van der Waals surface area contributed by atoms with Crippen LogP contribution >= 0.6 is 0 Å². The average molecular weight is 188 g/mol. The number of hydrogen-bond acceptors (Lipinski definition) is 2. The minimum atomic E-state index is 0.953. The second-order valence-electron chi connectivity index (χ2n) is 3.61. The number of rotatable bonds is 3. The Labute approximate surface area is 85.3 Å². The van der Waals surface area contributed by atoms with Gasteiger partial charge in [-0.2, -0.15) is 0 Å². The van der Waals surface area contributed by atoms with Crippen molar-refractivity contribution in [3.05, 3.63) is 35.4 Å². The van der Waals surface area contributed by atoms with Crippen LogP contribution in [0.25, 0.3) is 0 Å². The van der Waals surface area contributed by atoms with Crippen LogP contribution < -0.4 is 0 Å². The lowest BCUT2D eigenvalue weighted by Gasteiger charge is -2.16. The number of aryl methyl sites for hydroxylation is 1. The monoisotopic (exact) mass is 188 g/mol. The quantitative estimate of drug-likeness (QED) is 0.709. The van der Waals surface area contributed by atoms with Crippen LogP contribution in [0, 0.1) is 0 Å². The minimum Gasteiger partial charge on any atom is -0.357 e. The van der Waals surface area contributed by atoms with Gasteiger partial charge in [0.15, 0.2) is 0 Å². The van der Waals surface area contributed by atoms with Crippen LogP contribution in [0.1, 0.15) is 18.1 Å². The number of hydrogen-bond donors (Lipinski definition) is 0. The highest BCUT2D eigenvalue weighted by atomic mass is 15.2. The molecule has 1 aromatic carbocycles. The zero-order valence-corrected chi connectivity index (χ0v) is 8.61. The van der Waals surface area contributed by atoms with Gasteiger partial charge in [0.2, 0.25) is 0 Å². The van der Waals surface area contributed by atoms with E-state index in [2.05, 4.69) is 41.1 Å². The molecule has 0 bridgehead atoms. The van der Waals surface area contributed by atoms with Gasteiger partial charge in [-0.25, -0.2) is 0 Å². The smallest absolute Gasteiger partial charge is 0.0854 e. The molecule has 1 aromatic rings. The van der Waals surface area contributed by atoms with Gasteiger partial charge in [0.25, 0.3) is 0 Å². The first kappa shape index (κ1) is 9.25. The lowest BCUT2D eigenvalue weighted by atomic mass is 10.1. The highest BCUT2D eigenvalue weighted by molar-refractivity contribution is 5.57. The zero-order valence-electron chi connectivity index (χ0n) is 8.61. The molecule has 0 aromatic heterocycles. The SMILES string of the molecule is CCc1ccccc1CN1C=NCC1. The highest BCUT2D eigenvalue weighted by Crippen LogP contribution is 2.12. The van der Waals surface area contributed by atoms with Crippen molar-refractivity contribution in [1.29, 1.82) is 0 Å². The summed E-state index contributed by atoms with van der Waals surface area (Å²) in [4.78, 5) is 6.49. The molecule has 1 heterocycles. The topological polar surface area (TPSA) is 15.6 Å². The molecule has 74 valence electrons. The molecule has 0 saturated heterocycles. The summed E-state index contributed by atoms with van der Waals surface area (Å²) in [6.45, 7) is 5.23. The first-order chi connectivity index (χ1) is 6.90. The number of aliphatic imine (C=N–C) groups is 1. The first-order valence-electron chi connectivity index (χ1n) is 5.21. The third-order valence-electron chi connectivity index (χ3n) is 2.63. The van der Waals surface area contributed by atoms with Gasteiger partial charge in [0.1, 0.15) is 0 Å². The van der Waals surface area contributed by atoms with E-state index in [1.807, 2.05) is 6.34 Å². The molecule has 0 spiro atoms. The molecule has 0 radical (unpaired) electrons. The zero-order chi connectivity index (χ0) is 9.80. The van der Waals surface area contributed by atoms with Crippen molar-refractivity contribution < 1.29 is 0 Å². The third-order valence-corrected chi connectivity index (χ3v) is 2.63. The van der Waals surface area contributed by atoms with Crippen molar-refractivity contribution >= 4 is 6.34 Å². The summed E-state index contributed by atoms with van der Waals surface area (Å²) in [6, 6.07) is 8.65. The van der Waals surface area contributed by atoms with E-state index in [0.717, 1.165) is 26.1 Å². The summed E-state index contributed by atoms with van der Waals surface area (Å²) in [5.41, 5.74) is 2.89. The standard InChI is InChI=1S/C12H16N2/c1-2-11-5-3-4-6-12(11)9-14-8-7-13-10-14/h3-6,10H,2,7-9H2,1H3. The van der Waals surface area contributed by atoms with Crippen molar-refractivity contribution in [1.82, 2.24) is 4.90 Å². The molecule has 0 fully saturated rings. The second kappa shape index (κ2) is 4.27. The van der Waals surface area contributed by atoms with Crippen LogP contribution in [0.3, 0.4) is 0 Å². The van der Waals surface area contributed by atoms with E-state index < -0.39 is 0 Å². The Kier molecular flexibility index (Phi) is 2.82. The van der Waals surface area contributed by atoms with E-state index >= 15 is 0 Å². The van der Waals surface area contributed by atoms with E-state index in [-0.39, 0.29) is 0 Å². The van der Waals surface area contributed by atoms with Gasteiger partial charge in [0, 0.05) is 13.1 Å². The van der Waals surface area contributed by atoms with Gasteiger partial charge < -0.3 is 4.90 Å². The van der Waals surface area contributed by atoms with Gasteiger partial charge in [-0.1, -0.05) is 31.2 Å². The fourth-order valence-electron chi connectivity index (χ4n) is 1.81. The lowest BCUT2D eigenvalue weighted by molar-refractivity contribution is 0.461. The number of benzene rings is 1. The van der Waals surface area contributed by atoms with Crippen LogP contribution in [0.5, 0.6) is 0 Å². The van der Waals surface area contributed by atoms with Gasteiger partial charge in [0.05, 0.1) is 12.9 Å². The maximum Gasteiger partial charge on any atom is 0.0854 e. The van der Waals surface area contributed by atoms with E-state index in [1.54, 1.807) is 0 Å². The Morgan fingerprint density at radius 2 is 2.07 bits per heavy atom. The maximum absolute atomic E-state index is 4.22. The molecule has 0 N–H and O–H groups in total. The second-order valence-corrected chi connectivity index (χ2v) is 3.61. The average Bonchev–Trinajstić information content (AvgIpc) is 2.71. The summed E-state index contributed by atoms with van der Waals surface area (Å²) in [5, 5.41) is 0. The van der Waals surface area contributed by atoms with E-state index in [4.69, 9.17) is 0 Å². The van der Waals surface area contributed by atoms with Crippen molar-refractivity contribution in [2.45, 2.75) is 19.9 Å². The van der Waals surface area contributed by atoms with Gasteiger partial charge >= 0.3 is 0 Å². The van der Waals surface area contributed by atoms with Crippen LogP contribution in [0.4, 0.5) is 0 Å². The highest BCUT2D eigenvalue weighted by Gasteiger charge is 2.07. The van der Waals surface area contributed by atoms with Crippen LogP contribution in [-0.4, -0.2) is 24.3 Å². The summed E-state index contributed by atoms with van der Waals surface area (Å²) in [5.74, 6) is 0. The Morgan fingerprint density at radius 1 is 1.29 bits per heavy atom. The Balaban J connectivity index is 2.11. The molecule has 0 atom stereocenters. The summed E-state index contributed by atoms with van der Waals surface area (Å²) in [7, 11) is 0.